The molecule has 2 aromatic carbocycles. The highest BCUT2D eigenvalue weighted by molar-refractivity contribution is 9.10. The van der Waals surface area contributed by atoms with E-state index in [-0.39, 0.29) is 5.91 Å². The fraction of sp³-hybridized carbons (Fsp3) is 0.250. The molecule has 0 unspecified atom stereocenters. The maximum absolute atomic E-state index is 12.1. The van der Waals surface area contributed by atoms with Gasteiger partial charge in [0.2, 0.25) is 5.91 Å². The summed E-state index contributed by atoms with van der Waals surface area (Å²) in [6, 6.07) is 11.4. The Hall–Kier alpha value is -2.27. The zero-order valence-electron chi connectivity index (χ0n) is 14.6. The number of carbonyl (C=O) groups is 1. The molecule has 5 heteroatoms. The third kappa shape index (κ3) is 5.64. The van der Waals surface area contributed by atoms with Crippen molar-refractivity contribution in [3.8, 4) is 11.5 Å². The normalized spacial score (nSPS) is 10.7. The van der Waals surface area contributed by atoms with Gasteiger partial charge in [-0.25, -0.2) is 0 Å². The molecule has 0 radical (unpaired) electrons. The van der Waals surface area contributed by atoms with Crippen LogP contribution in [0.3, 0.4) is 0 Å². The Morgan fingerprint density at radius 2 is 2.00 bits per heavy atom. The summed E-state index contributed by atoms with van der Waals surface area (Å²) in [7, 11) is 1.60. The average Bonchev–Trinajstić information content (AvgIpc) is 2.60. The van der Waals surface area contributed by atoms with Crippen molar-refractivity contribution in [3.05, 3.63) is 58.1 Å². The van der Waals surface area contributed by atoms with E-state index in [9.17, 15) is 4.79 Å². The summed E-state index contributed by atoms with van der Waals surface area (Å²) < 4.78 is 11.8. The van der Waals surface area contributed by atoms with Gasteiger partial charge < -0.3 is 14.8 Å². The van der Waals surface area contributed by atoms with Gasteiger partial charge in [0.15, 0.2) is 11.5 Å². The van der Waals surface area contributed by atoms with Crippen LogP contribution in [0.1, 0.15) is 24.5 Å². The van der Waals surface area contributed by atoms with Crippen LogP contribution in [-0.4, -0.2) is 19.6 Å². The number of ether oxygens (including phenoxy) is 2. The number of anilines is 1. The van der Waals surface area contributed by atoms with Crippen molar-refractivity contribution >= 4 is 33.6 Å². The highest BCUT2D eigenvalue weighted by Crippen LogP contribution is 2.29. The monoisotopic (exact) mass is 403 g/mol. The fourth-order valence-corrected chi connectivity index (χ4v) is 2.78. The van der Waals surface area contributed by atoms with Crippen molar-refractivity contribution < 1.29 is 14.3 Å². The first kappa shape index (κ1) is 19.1. The van der Waals surface area contributed by atoms with E-state index in [0.717, 1.165) is 27.7 Å². The molecule has 0 saturated heterocycles. The smallest absolute Gasteiger partial charge is 0.248 e. The molecule has 132 valence electrons. The largest absolute Gasteiger partial charge is 0.493 e. The van der Waals surface area contributed by atoms with Crippen LogP contribution in [0.5, 0.6) is 11.5 Å². The molecule has 0 aliphatic heterocycles. The van der Waals surface area contributed by atoms with Gasteiger partial charge in [-0.1, -0.05) is 19.1 Å². The zero-order chi connectivity index (χ0) is 18.2. The van der Waals surface area contributed by atoms with Crippen LogP contribution in [0.15, 0.2) is 46.9 Å². The zero-order valence-corrected chi connectivity index (χ0v) is 16.2. The number of hydrogen-bond donors (Lipinski definition) is 1. The highest BCUT2D eigenvalue weighted by atomic mass is 79.9. The maximum atomic E-state index is 12.1. The lowest BCUT2D eigenvalue weighted by molar-refractivity contribution is -0.111. The minimum Gasteiger partial charge on any atom is -0.493 e. The molecule has 4 nitrogen and oxygen atoms in total. The lowest BCUT2D eigenvalue weighted by atomic mass is 10.2. The van der Waals surface area contributed by atoms with Crippen molar-refractivity contribution in [1.82, 2.24) is 0 Å². The number of methoxy groups -OCH3 is 1. The van der Waals surface area contributed by atoms with Gasteiger partial charge >= 0.3 is 0 Å². The fourth-order valence-electron chi connectivity index (χ4n) is 2.19. The summed E-state index contributed by atoms with van der Waals surface area (Å²) in [5.41, 5.74) is 2.72. The van der Waals surface area contributed by atoms with E-state index < -0.39 is 0 Å². The van der Waals surface area contributed by atoms with E-state index in [4.69, 9.17) is 9.47 Å². The quantitative estimate of drug-likeness (QED) is 0.645. The summed E-state index contributed by atoms with van der Waals surface area (Å²) in [5, 5.41) is 2.85. The van der Waals surface area contributed by atoms with Gasteiger partial charge in [-0.3, -0.25) is 4.79 Å². The molecule has 25 heavy (non-hydrogen) atoms. The lowest BCUT2D eigenvalue weighted by Crippen LogP contribution is -2.08. The van der Waals surface area contributed by atoms with Crippen molar-refractivity contribution in [3.63, 3.8) is 0 Å². The Morgan fingerprint density at radius 1 is 1.20 bits per heavy atom. The Balaban J connectivity index is 2.06. The average molecular weight is 404 g/mol. The van der Waals surface area contributed by atoms with Gasteiger partial charge in [0.25, 0.3) is 0 Å². The molecule has 0 saturated carbocycles. The Labute approximate surface area is 157 Å². The molecule has 0 fully saturated rings. The summed E-state index contributed by atoms with van der Waals surface area (Å²) in [5.74, 6) is 1.15. The van der Waals surface area contributed by atoms with Gasteiger partial charge in [-0.2, -0.15) is 0 Å². The summed E-state index contributed by atoms with van der Waals surface area (Å²) in [4.78, 5) is 12.1. The summed E-state index contributed by atoms with van der Waals surface area (Å²) in [6.45, 7) is 4.69. The molecule has 0 atom stereocenters. The molecule has 0 heterocycles. The molecule has 1 amide bonds. The number of benzene rings is 2. The Morgan fingerprint density at radius 3 is 2.68 bits per heavy atom. The molecule has 0 spiro atoms. The van der Waals surface area contributed by atoms with E-state index in [1.807, 2.05) is 43.3 Å². The summed E-state index contributed by atoms with van der Waals surface area (Å²) in [6.07, 6.45) is 4.16. The minimum absolute atomic E-state index is 0.199. The van der Waals surface area contributed by atoms with E-state index in [2.05, 4.69) is 28.2 Å². The molecule has 0 aromatic heterocycles. The number of carbonyl (C=O) groups excluding carboxylic acids is 1. The van der Waals surface area contributed by atoms with Gasteiger partial charge in [-0.15, -0.1) is 0 Å². The van der Waals surface area contributed by atoms with Gasteiger partial charge in [0.05, 0.1) is 19.4 Å². The third-order valence-corrected chi connectivity index (χ3v) is 4.12. The van der Waals surface area contributed by atoms with Crippen LogP contribution in [0, 0.1) is 6.92 Å². The first-order valence-electron chi connectivity index (χ1n) is 8.09. The molecule has 0 aliphatic rings. The Kier molecular flexibility index (Phi) is 7.07. The maximum Gasteiger partial charge on any atom is 0.248 e. The SMILES string of the molecule is CCCOc1ccc(C=CC(=O)Nc2ccc(C)cc2Br)cc1OC. The second kappa shape index (κ2) is 9.28. The number of rotatable bonds is 7. The molecule has 1 N–H and O–H groups in total. The highest BCUT2D eigenvalue weighted by Gasteiger charge is 2.06. The first-order chi connectivity index (χ1) is 12.0. The van der Waals surface area contributed by atoms with E-state index in [1.54, 1.807) is 13.2 Å². The minimum atomic E-state index is -0.199. The number of aryl methyl sites for hydroxylation is 1. The van der Waals surface area contributed by atoms with Gasteiger partial charge in [0.1, 0.15) is 0 Å². The van der Waals surface area contributed by atoms with Crippen LogP contribution < -0.4 is 14.8 Å². The molecule has 2 aromatic rings. The Bertz CT molecular complexity index is 772. The van der Waals surface area contributed by atoms with Crippen molar-refractivity contribution in [2.45, 2.75) is 20.3 Å². The number of hydrogen-bond acceptors (Lipinski definition) is 3. The van der Waals surface area contributed by atoms with Crippen LogP contribution in [0.25, 0.3) is 6.08 Å². The van der Waals surface area contributed by atoms with E-state index in [0.29, 0.717) is 18.1 Å². The van der Waals surface area contributed by atoms with Crippen molar-refractivity contribution in [2.24, 2.45) is 0 Å². The summed E-state index contributed by atoms with van der Waals surface area (Å²) >= 11 is 3.45. The predicted molar refractivity (Wildman–Crippen MR) is 105 cm³/mol. The predicted octanol–water partition coefficient (Wildman–Crippen LogP) is 5.21. The standard InChI is InChI=1S/C20H22BrNO3/c1-4-11-25-18-9-6-15(13-19(18)24-3)7-10-20(23)22-17-8-5-14(2)12-16(17)21/h5-10,12-13H,4,11H2,1-3H3,(H,22,23). The van der Waals surface area contributed by atoms with E-state index in [1.165, 1.54) is 6.08 Å². The number of amides is 1. The first-order valence-corrected chi connectivity index (χ1v) is 8.89. The second-order valence-electron chi connectivity index (χ2n) is 5.56. The van der Waals surface area contributed by atoms with Gasteiger partial charge in [-0.05, 0) is 70.7 Å². The van der Waals surface area contributed by atoms with E-state index >= 15 is 0 Å². The molecule has 0 bridgehead atoms. The third-order valence-electron chi connectivity index (χ3n) is 3.46. The van der Waals surface area contributed by atoms with Crippen molar-refractivity contribution in [2.75, 3.05) is 19.0 Å². The number of nitrogens with one attached hydrogen (secondary N) is 1. The lowest BCUT2D eigenvalue weighted by Gasteiger charge is -2.10. The molecular formula is C20H22BrNO3. The van der Waals surface area contributed by atoms with Crippen LogP contribution in [0.2, 0.25) is 0 Å². The topological polar surface area (TPSA) is 47.6 Å². The van der Waals surface area contributed by atoms with Crippen LogP contribution in [-0.2, 0) is 4.79 Å². The van der Waals surface area contributed by atoms with Crippen LogP contribution in [0.4, 0.5) is 5.69 Å². The second-order valence-corrected chi connectivity index (χ2v) is 6.42. The van der Waals surface area contributed by atoms with Gasteiger partial charge in [0, 0.05) is 10.5 Å². The molecule has 0 aliphatic carbocycles. The van der Waals surface area contributed by atoms with Crippen molar-refractivity contribution in [1.29, 1.82) is 0 Å². The number of halogens is 1. The molecule has 2 rings (SSSR count). The molecular weight excluding hydrogens is 382 g/mol. The van der Waals surface area contributed by atoms with Crippen LogP contribution >= 0.6 is 15.9 Å².